The Bertz CT molecular complexity index is 4320. The zero-order chi connectivity index (χ0) is 57.5. The van der Waals surface area contributed by atoms with Crippen molar-refractivity contribution in [1.29, 1.82) is 0 Å². The molecule has 2 unspecified atom stereocenters. The van der Waals surface area contributed by atoms with E-state index in [4.69, 9.17) is 4.42 Å². The van der Waals surface area contributed by atoms with Crippen LogP contribution in [-0.2, 0) is 37.9 Å². The van der Waals surface area contributed by atoms with Gasteiger partial charge in [0, 0.05) is 72.5 Å². The number of anilines is 8. The summed E-state index contributed by atoms with van der Waals surface area (Å²) in [6.07, 6.45) is 9.41. The highest BCUT2D eigenvalue weighted by atomic mass is 16.3. The summed E-state index contributed by atoms with van der Waals surface area (Å²) in [6, 6.07) is 58.3. The highest BCUT2D eigenvalue weighted by Gasteiger charge is 2.58. The number of rotatable bonds is 3. The molecule has 4 nitrogen and oxygen atoms in total. The van der Waals surface area contributed by atoms with Crippen LogP contribution in [0.1, 0.15) is 198 Å². The van der Waals surface area contributed by atoms with Gasteiger partial charge in [-0.1, -0.05) is 182 Å². The van der Waals surface area contributed by atoms with Crippen molar-refractivity contribution in [1.82, 2.24) is 0 Å². The Labute approximate surface area is 494 Å². The van der Waals surface area contributed by atoms with E-state index in [2.05, 4.69) is 257 Å². The lowest BCUT2D eigenvalue weighted by molar-refractivity contribution is 0.195. The van der Waals surface area contributed by atoms with Crippen LogP contribution in [0.15, 0.2) is 150 Å². The van der Waals surface area contributed by atoms with Crippen molar-refractivity contribution in [2.24, 2.45) is 0 Å². The predicted octanol–water partition coefficient (Wildman–Crippen LogP) is 19.1. The molecule has 1 aromatic heterocycles. The lowest BCUT2D eigenvalue weighted by atomic mass is 9.32. The molecule has 0 bridgehead atoms. The van der Waals surface area contributed by atoms with Gasteiger partial charge in [-0.25, -0.2) is 0 Å². The number of furan rings is 1. The molecule has 7 aliphatic rings. The third-order valence-corrected chi connectivity index (χ3v) is 23.8. The topological polar surface area (TPSA) is 22.9 Å². The summed E-state index contributed by atoms with van der Waals surface area (Å²) in [5.41, 5.74) is 28.8. The fraction of sp³-hybridized carbons (Fsp3) is 0.385. The van der Waals surface area contributed by atoms with E-state index in [0.717, 1.165) is 53.3 Å². The van der Waals surface area contributed by atoms with Crippen LogP contribution >= 0.6 is 0 Å². The highest BCUT2D eigenvalue weighted by Crippen LogP contribution is 2.63. The molecule has 0 amide bonds. The zero-order valence-electron chi connectivity index (χ0n) is 51.8. The Kier molecular flexibility index (Phi) is 10.2. The van der Waals surface area contributed by atoms with Gasteiger partial charge in [0.05, 0.1) is 5.54 Å². The fourth-order valence-electron chi connectivity index (χ4n) is 18.3. The number of fused-ring (bicyclic) bond motifs is 14. The van der Waals surface area contributed by atoms with Crippen molar-refractivity contribution in [3.8, 4) is 0 Å². The number of benzene rings is 8. The summed E-state index contributed by atoms with van der Waals surface area (Å²) in [5.74, 6) is 0. The molecular weight excluding hydrogens is 1010 g/mol. The Balaban J connectivity index is 1.08. The van der Waals surface area contributed by atoms with Crippen LogP contribution in [0.3, 0.4) is 0 Å². The van der Waals surface area contributed by atoms with Gasteiger partial charge in [0.1, 0.15) is 11.2 Å². The summed E-state index contributed by atoms with van der Waals surface area (Å²) in [4.78, 5) is 8.34. The molecule has 16 rings (SSSR count). The smallest absolute Gasteiger partial charge is 0.252 e. The van der Waals surface area contributed by atoms with Crippen molar-refractivity contribution in [2.75, 3.05) is 14.7 Å². The lowest BCUT2D eigenvalue weighted by Crippen LogP contribution is -2.62. The average molecular weight is 1090 g/mol. The van der Waals surface area contributed by atoms with E-state index in [1.54, 1.807) is 0 Å². The number of hydrogen-bond acceptors (Lipinski definition) is 4. The molecule has 3 aliphatic heterocycles. The molecule has 2 atom stereocenters. The predicted molar refractivity (Wildman–Crippen MR) is 352 cm³/mol. The number of nitrogens with zero attached hydrogens (tertiary/aromatic N) is 3. The second kappa shape index (κ2) is 16.5. The maximum absolute atomic E-state index is 6.66. The van der Waals surface area contributed by atoms with Crippen LogP contribution in [0.5, 0.6) is 0 Å². The molecule has 4 heterocycles. The van der Waals surface area contributed by atoms with E-state index < -0.39 is 0 Å². The summed E-state index contributed by atoms with van der Waals surface area (Å²) in [5, 5.41) is 2.29. The SMILES string of the molecule is CC1(C)CCC(C)(C)c2cc(N3c4cc5c(cc4B4c6cc7c(cc6N(c6ccc8oc9ccccc9c8c6)c6cc(N8c9ccccc9C9(C)CCCCC89C)cc3c64)C(C)(C)c3ccccc3C7(C)C)C(C)(C)CCC5(C)C)ccc21. The molecule has 5 heteroatoms. The highest BCUT2D eigenvalue weighted by molar-refractivity contribution is 7.00. The van der Waals surface area contributed by atoms with Crippen LogP contribution < -0.4 is 31.1 Å². The van der Waals surface area contributed by atoms with Crippen LogP contribution in [0.2, 0.25) is 0 Å². The van der Waals surface area contributed by atoms with Crippen LogP contribution in [-0.4, -0.2) is 12.3 Å². The van der Waals surface area contributed by atoms with Crippen LogP contribution in [0, 0.1) is 0 Å². The van der Waals surface area contributed by atoms with Crippen LogP contribution in [0.25, 0.3) is 21.9 Å². The van der Waals surface area contributed by atoms with E-state index in [1.165, 1.54) is 132 Å². The van der Waals surface area contributed by atoms with Gasteiger partial charge in [-0.15, -0.1) is 0 Å². The Hall–Kier alpha value is -6.98. The minimum Gasteiger partial charge on any atom is -0.456 e. The third kappa shape index (κ3) is 6.72. The Morgan fingerprint density at radius 3 is 1.48 bits per heavy atom. The largest absolute Gasteiger partial charge is 0.456 e. The van der Waals surface area contributed by atoms with Crippen molar-refractivity contribution >= 4 is 90.5 Å². The standard InChI is InChI=1S/C78H82BN3O/c1-71(2)35-36-72(3,4)56-40-48(29-31-52(56)71)81-64-45-58-57(73(5,6)37-38-74(58,7)8)43-61(64)79-62-44-59-60(76(11,12)54-25-17-16-24-53(54)75(59,9)10)46-65(62)80(47-30-32-69-51(39-47)50-23-15-20-28-68(50)83-69)66-41-49(42-67(81)70(66)79)82-63-27-19-18-26-55(63)77(13)33-21-22-34-78(77,82)14/h15-20,23-32,39-46H,21-22,33-38H2,1-14H3. The molecule has 83 heavy (non-hydrogen) atoms. The van der Waals surface area contributed by atoms with Gasteiger partial charge < -0.3 is 19.1 Å². The number of hydrogen-bond donors (Lipinski definition) is 0. The molecule has 4 aliphatic carbocycles. The minimum absolute atomic E-state index is 0.000752. The molecule has 1 fully saturated rings. The maximum atomic E-state index is 6.66. The first kappa shape index (κ1) is 51.6. The maximum Gasteiger partial charge on any atom is 0.252 e. The van der Waals surface area contributed by atoms with Crippen molar-refractivity contribution < 1.29 is 4.42 Å². The Morgan fingerprint density at radius 1 is 0.349 bits per heavy atom. The summed E-state index contributed by atoms with van der Waals surface area (Å²) < 4.78 is 6.66. The molecule has 418 valence electrons. The minimum atomic E-state index is -0.260. The molecule has 0 saturated heterocycles. The first-order valence-corrected chi connectivity index (χ1v) is 31.6. The first-order valence-electron chi connectivity index (χ1n) is 31.6. The summed E-state index contributed by atoms with van der Waals surface area (Å²) >= 11 is 0. The van der Waals surface area contributed by atoms with E-state index in [0.29, 0.717) is 0 Å². The number of para-hydroxylation sites is 2. The van der Waals surface area contributed by atoms with Gasteiger partial charge in [-0.3, -0.25) is 0 Å². The van der Waals surface area contributed by atoms with Gasteiger partial charge >= 0.3 is 0 Å². The molecule has 8 aromatic carbocycles. The third-order valence-electron chi connectivity index (χ3n) is 23.8. The van der Waals surface area contributed by atoms with Gasteiger partial charge in [0.2, 0.25) is 0 Å². The Morgan fingerprint density at radius 2 is 0.831 bits per heavy atom. The molecule has 9 aromatic rings. The summed E-state index contributed by atoms with van der Waals surface area (Å²) in [7, 11) is 0. The van der Waals surface area contributed by atoms with Crippen molar-refractivity contribution in [2.45, 2.75) is 192 Å². The van der Waals surface area contributed by atoms with E-state index >= 15 is 0 Å². The second-order valence-electron chi connectivity index (χ2n) is 30.9. The van der Waals surface area contributed by atoms with E-state index in [9.17, 15) is 0 Å². The van der Waals surface area contributed by atoms with E-state index in [1.807, 2.05) is 0 Å². The monoisotopic (exact) mass is 1090 g/mol. The van der Waals surface area contributed by atoms with Gasteiger partial charge in [-0.2, -0.15) is 0 Å². The first-order chi connectivity index (χ1) is 39.4. The zero-order valence-corrected chi connectivity index (χ0v) is 51.8. The van der Waals surface area contributed by atoms with Gasteiger partial charge in [0.25, 0.3) is 6.71 Å². The van der Waals surface area contributed by atoms with Gasteiger partial charge in [-0.05, 0) is 200 Å². The average Bonchev–Trinajstić information content (AvgIpc) is 2.17. The molecular formula is C78H82BN3O. The second-order valence-corrected chi connectivity index (χ2v) is 30.9. The molecule has 1 saturated carbocycles. The van der Waals surface area contributed by atoms with Crippen molar-refractivity contribution in [3.05, 3.63) is 196 Å². The fourth-order valence-corrected chi connectivity index (χ4v) is 18.3. The van der Waals surface area contributed by atoms with Crippen molar-refractivity contribution in [3.63, 3.8) is 0 Å². The van der Waals surface area contributed by atoms with Gasteiger partial charge in [0.15, 0.2) is 0 Å². The van der Waals surface area contributed by atoms with E-state index in [-0.39, 0.29) is 50.2 Å². The molecule has 0 radical (unpaired) electrons. The summed E-state index contributed by atoms with van der Waals surface area (Å²) in [6.45, 7) is 35.1. The molecule has 0 spiro atoms. The normalized spacial score (nSPS) is 23.7. The lowest BCUT2D eigenvalue weighted by Gasteiger charge is -2.52. The van der Waals surface area contributed by atoms with Crippen LogP contribution in [0.4, 0.5) is 45.5 Å². The molecule has 0 N–H and O–H groups in total. The quantitative estimate of drug-likeness (QED) is 0.165.